The quantitative estimate of drug-likeness (QED) is 0.587. The van der Waals surface area contributed by atoms with Gasteiger partial charge in [-0.3, -0.25) is 4.90 Å². The van der Waals surface area contributed by atoms with Gasteiger partial charge < -0.3 is 0 Å². The minimum atomic E-state index is 0.555. The summed E-state index contributed by atoms with van der Waals surface area (Å²) in [5.74, 6) is 0. The molecule has 0 saturated carbocycles. The highest BCUT2D eigenvalue weighted by Gasteiger charge is 2.39. The lowest BCUT2D eigenvalue weighted by Gasteiger charge is -2.38. The normalized spacial score (nSPS) is 24.4. The first-order valence-corrected chi connectivity index (χ1v) is 9.04. The number of hydrogen-bond donors (Lipinski definition) is 0. The van der Waals surface area contributed by atoms with Crippen LogP contribution in [-0.4, -0.2) is 11.4 Å². The number of thiophene rings is 1. The fourth-order valence-electron chi connectivity index (χ4n) is 4.34. The predicted molar refractivity (Wildman–Crippen MR) is 93.4 cm³/mol. The average molecular weight is 305 g/mol. The second-order valence-electron chi connectivity index (χ2n) is 6.47. The van der Waals surface area contributed by atoms with Gasteiger partial charge in [-0.25, -0.2) is 0 Å². The molecule has 1 nitrogen and oxygen atoms in total. The van der Waals surface area contributed by atoms with Crippen LogP contribution in [0.15, 0.2) is 54.6 Å². The van der Waals surface area contributed by atoms with Gasteiger partial charge in [-0.1, -0.05) is 48.5 Å². The largest absolute Gasteiger partial charge is 0.288 e. The van der Waals surface area contributed by atoms with E-state index in [1.807, 2.05) is 11.3 Å². The van der Waals surface area contributed by atoms with E-state index in [9.17, 15) is 0 Å². The number of nitrogens with zero attached hydrogens (tertiary/aromatic N) is 1. The zero-order chi connectivity index (χ0) is 14.5. The Labute approximate surface area is 135 Å². The fourth-order valence-corrected chi connectivity index (χ4v) is 5.73. The van der Waals surface area contributed by atoms with E-state index < -0.39 is 0 Å². The maximum absolute atomic E-state index is 2.76. The first-order chi connectivity index (χ1) is 10.9. The van der Waals surface area contributed by atoms with Crippen LogP contribution in [0, 0.1) is 0 Å². The fraction of sp³-hybridized carbons (Fsp3) is 0.300. The van der Waals surface area contributed by atoms with E-state index in [1.54, 1.807) is 10.4 Å². The van der Waals surface area contributed by atoms with E-state index in [0.717, 1.165) is 0 Å². The van der Waals surface area contributed by atoms with Crippen LogP contribution in [0.2, 0.25) is 0 Å². The molecule has 3 aromatic rings. The van der Waals surface area contributed by atoms with E-state index in [-0.39, 0.29) is 0 Å². The van der Waals surface area contributed by atoms with Crippen molar-refractivity contribution in [2.75, 3.05) is 6.54 Å². The summed E-state index contributed by atoms with van der Waals surface area (Å²) in [7, 11) is 0. The Morgan fingerprint density at radius 1 is 0.909 bits per heavy atom. The molecule has 2 atom stereocenters. The van der Waals surface area contributed by atoms with Crippen LogP contribution >= 0.6 is 11.3 Å². The molecule has 0 radical (unpaired) electrons. The first kappa shape index (κ1) is 12.9. The van der Waals surface area contributed by atoms with Crippen molar-refractivity contribution in [3.8, 4) is 0 Å². The van der Waals surface area contributed by atoms with Gasteiger partial charge in [0.25, 0.3) is 0 Å². The molecule has 3 heterocycles. The molecule has 1 aromatic heterocycles. The molecule has 2 aromatic carbocycles. The lowest BCUT2D eigenvalue weighted by molar-refractivity contribution is 0.167. The molecular formula is C20H19NS. The van der Waals surface area contributed by atoms with Gasteiger partial charge in [-0.2, -0.15) is 0 Å². The van der Waals surface area contributed by atoms with Gasteiger partial charge in [0.05, 0.1) is 0 Å². The third-order valence-corrected chi connectivity index (χ3v) is 6.62. The molecule has 1 fully saturated rings. The van der Waals surface area contributed by atoms with Crippen molar-refractivity contribution in [1.29, 1.82) is 0 Å². The monoisotopic (exact) mass is 305 g/mol. The summed E-state index contributed by atoms with van der Waals surface area (Å²) in [6.45, 7) is 1.25. The van der Waals surface area contributed by atoms with Crippen LogP contribution in [0.4, 0.5) is 0 Å². The Kier molecular flexibility index (Phi) is 2.89. The van der Waals surface area contributed by atoms with Gasteiger partial charge >= 0.3 is 0 Å². The van der Waals surface area contributed by atoms with Crippen molar-refractivity contribution >= 4 is 21.4 Å². The molecule has 22 heavy (non-hydrogen) atoms. The van der Waals surface area contributed by atoms with E-state index in [0.29, 0.717) is 12.1 Å². The smallest absolute Gasteiger partial charge is 0.0451 e. The molecule has 2 unspecified atom stereocenters. The van der Waals surface area contributed by atoms with Crippen LogP contribution in [0.3, 0.4) is 0 Å². The van der Waals surface area contributed by atoms with Crippen LogP contribution in [0.25, 0.3) is 10.1 Å². The third-order valence-electron chi connectivity index (χ3n) is 5.31. The topological polar surface area (TPSA) is 3.24 Å². The van der Waals surface area contributed by atoms with Gasteiger partial charge in [0, 0.05) is 21.7 Å². The zero-order valence-corrected chi connectivity index (χ0v) is 13.4. The van der Waals surface area contributed by atoms with E-state index in [4.69, 9.17) is 0 Å². The van der Waals surface area contributed by atoms with Crippen LogP contribution in [0.5, 0.6) is 0 Å². The number of rotatable bonds is 1. The van der Waals surface area contributed by atoms with Crippen molar-refractivity contribution in [2.24, 2.45) is 0 Å². The maximum atomic E-state index is 2.76. The molecule has 0 aliphatic carbocycles. The van der Waals surface area contributed by atoms with Crippen molar-refractivity contribution < 1.29 is 0 Å². The Morgan fingerprint density at radius 3 is 2.64 bits per heavy atom. The van der Waals surface area contributed by atoms with Gasteiger partial charge in [0.15, 0.2) is 0 Å². The van der Waals surface area contributed by atoms with E-state index >= 15 is 0 Å². The van der Waals surface area contributed by atoms with Crippen LogP contribution < -0.4 is 0 Å². The van der Waals surface area contributed by atoms with Gasteiger partial charge in [-0.05, 0) is 48.4 Å². The second-order valence-corrected chi connectivity index (χ2v) is 7.55. The molecule has 110 valence electrons. The Bertz CT molecular complexity index is 820. The molecule has 0 spiro atoms. The summed E-state index contributed by atoms with van der Waals surface area (Å²) in [6.07, 6.45) is 3.82. The lowest BCUT2D eigenvalue weighted by atomic mass is 9.89. The molecule has 0 N–H and O–H groups in total. The highest BCUT2D eigenvalue weighted by Crippen LogP contribution is 2.50. The molecule has 2 aliphatic heterocycles. The van der Waals surface area contributed by atoms with Crippen molar-refractivity contribution in [1.82, 2.24) is 4.90 Å². The summed E-state index contributed by atoms with van der Waals surface area (Å²) in [5, 5.41) is 1.50. The summed E-state index contributed by atoms with van der Waals surface area (Å²) in [6, 6.07) is 21.3. The van der Waals surface area contributed by atoms with Crippen LogP contribution in [-0.2, 0) is 6.42 Å². The molecule has 1 saturated heterocycles. The Morgan fingerprint density at radius 2 is 1.73 bits per heavy atom. The maximum Gasteiger partial charge on any atom is 0.0451 e. The molecule has 2 heteroatoms. The lowest BCUT2D eigenvalue weighted by Crippen LogP contribution is -2.33. The van der Waals surface area contributed by atoms with Gasteiger partial charge in [-0.15, -0.1) is 11.3 Å². The number of hydrogen-bond acceptors (Lipinski definition) is 2. The standard InChI is InChI=1S/C20H19NS/c1-2-7-14(8-3-1)18-13-16-15-9-4-5-11-19(15)22-20(16)17-10-6-12-21(17)18/h1-5,7-9,11,17-18H,6,10,12-13H2. The highest BCUT2D eigenvalue weighted by molar-refractivity contribution is 7.19. The molecule has 2 aliphatic rings. The summed E-state index contributed by atoms with van der Waals surface area (Å²) >= 11 is 2.03. The van der Waals surface area contributed by atoms with Crippen LogP contribution in [0.1, 0.15) is 40.9 Å². The molecule has 5 rings (SSSR count). The van der Waals surface area contributed by atoms with Gasteiger partial charge in [0.2, 0.25) is 0 Å². The van der Waals surface area contributed by atoms with Crippen molar-refractivity contribution in [2.45, 2.75) is 31.3 Å². The highest BCUT2D eigenvalue weighted by atomic mass is 32.1. The van der Waals surface area contributed by atoms with Gasteiger partial charge in [0.1, 0.15) is 0 Å². The minimum absolute atomic E-state index is 0.555. The second kappa shape index (κ2) is 4.94. The minimum Gasteiger partial charge on any atom is -0.288 e. The SMILES string of the molecule is c1ccc(C2Cc3c(sc4ccccc34)C3CCCN23)cc1. The average Bonchev–Trinajstić information content (AvgIpc) is 3.19. The molecule has 0 amide bonds. The summed E-state index contributed by atoms with van der Waals surface area (Å²) in [5.41, 5.74) is 3.10. The Hall–Kier alpha value is -1.64. The number of fused-ring (bicyclic) bond motifs is 5. The summed E-state index contributed by atoms with van der Waals surface area (Å²) in [4.78, 5) is 4.40. The first-order valence-electron chi connectivity index (χ1n) is 8.23. The number of benzene rings is 2. The summed E-state index contributed by atoms with van der Waals surface area (Å²) < 4.78 is 1.47. The molecule has 0 bridgehead atoms. The molecular weight excluding hydrogens is 286 g/mol. The van der Waals surface area contributed by atoms with Crippen molar-refractivity contribution in [3.05, 3.63) is 70.6 Å². The van der Waals surface area contributed by atoms with E-state index in [2.05, 4.69) is 59.5 Å². The zero-order valence-electron chi connectivity index (χ0n) is 12.5. The Balaban J connectivity index is 1.69. The van der Waals surface area contributed by atoms with E-state index in [1.165, 1.54) is 41.5 Å². The third kappa shape index (κ3) is 1.81. The predicted octanol–water partition coefficient (Wildman–Crippen LogP) is 5.34. The van der Waals surface area contributed by atoms with Crippen molar-refractivity contribution in [3.63, 3.8) is 0 Å².